The lowest BCUT2D eigenvalue weighted by molar-refractivity contribution is 0.140. The first kappa shape index (κ1) is 26.0. The van der Waals surface area contributed by atoms with E-state index in [0.717, 1.165) is 36.5 Å². The predicted octanol–water partition coefficient (Wildman–Crippen LogP) is 9.51. The highest BCUT2D eigenvalue weighted by molar-refractivity contribution is 5.22. The number of aryl methyl sites for hydroxylation is 2. The van der Waals surface area contributed by atoms with E-state index < -0.39 is 5.83 Å². The Hall–Kier alpha value is -1.62. The molecule has 0 unspecified atom stereocenters. The SMILES string of the molecule is CCCCc1ccc(CCCCC2CCC(C3CCC(CCC=C(F)C#N)CC3)CC2)cc1. The van der Waals surface area contributed by atoms with Crippen molar-refractivity contribution in [2.75, 3.05) is 0 Å². The average Bonchev–Trinajstić information content (AvgIpc) is 2.87. The number of unbranched alkanes of at least 4 members (excludes halogenated alkanes) is 2. The summed E-state index contributed by atoms with van der Waals surface area (Å²) in [6.45, 7) is 2.26. The van der Waals surface area contributed by atoms with Crippen molar-refractivity contribution in [2.24, 2.45) is 23.7 Å². The van der Waals surface area contributed by atoms with E-state index >= 15 is 0 Å². The van der Waals surface area contributed by atoms with Crippen molar-refractivity contribution in [3.05, 3.63) is 47.3 Å². The first-order chi connectivity index (χ1) is 16.2. The number of allylic oxidation sites excluding steroid dienone is 2. The fraction of sp³-hybridized carbons (Fsp3) is 0.710. The van der Waals surface area contributed by atoms with Gasteiger partial charge >= 0.3 is 0 Å². The molecule has 0 bridgehead atoms. The van der Waals surface area contributed by atoms with Crippen molar-refractivity contribution >= 4 is 0 Å². The zero-order chi connectivity index (χ0) is 23.3. The van der Waals surface area contributed by atoms with Crippen LogP contribution in [-0.2, 0) is 12.8 Å². The molecule has 1 aromatic rings. The number of hydrogen-bond donors (Lipinski definition) is 0. The van der Waals surface area contributed by atoms with Crippen LogP contribution in [0.25, 0.3) is 0 Å². The fourth-order valence-corrected chi connectivity index (χ4v) is 6.40. The summed E-state index contributed by atoms with van der Waals surface area (Å²) in [5, 5.41) is 8.51. The molecule has 0 saturated heterocycles. The van der Waals surface area contributed by atoms with Gasteiger partial charge < -0.3 is 0 Å². The molecular formula is C31H46FN. The molecule has 0 aliphatic heterocycles. The number of nitrogens with zero attached hydrogens (tertiary/aromatic N) is 1. The predicted molar refractivity (Wildman–Crippen MR) is 138 cm³/mol. The molecule has 2 saturated carbocycles. The molecule has 0 amide bonds. The molecule has 0 aromatic heterocycles. The molecule has 182 valence electrons. The molecule has 0 N–H and O–H groups in total. The first-order valence-electron chi connectivity index (χ1n) is 14.0. The maximum atomic E-state index is 12.9. The lowest BCUT2D eigenvalue weighted by atomic mass is 9.68. The van der Waals surface area contributed by atoms with Gasteiger partial charge in [0, 0.05) is 0 Å². The van der Waals surface area contributed by atoms with Crippen LogP contribution in [0.3, 0.4) is 0 Å². The smallest absolute Gasteiger partial charge is 0.195 e. The molecule has 0 radical (unpaired) electrons. The van der Waals surface area contributed by atoms with E-state index in [-0.39, 0.29) is 0 Å². The molecule has 33 heavy (non-hydrogen) atoms. The van der Waals surface area contributed by atoms with Crippen LogP contribution in [0.15, 0.2) is 36.2 Å². The normalized spacial score (nSPS) is 26.2. The fourth-order valence-electron chi connectivity index (χ4n) is 6.40. The summed E-state index contributed by atoms with van der Waals surface area (Å²) in [5.74, 6) is 3.00. The molecule has 2 fully saturated rings. The number of nitriles is 1. The van der Waals surface area contributed by atoms with E-state index in [2.05, 4.69) is 31.2 Å². The van der Waals surface area contributed by atoms with Gasteiger partial charge in [-0.05, 0) is 105 Å². The number of hydrogen-bond acceptors (Lipinski definition) is 1. The Morgan fingerprint density at radius 3 is 1.85 bits per heavy atom. The third-order valence-corrected chi connectivity index (χ3v) is 8.62. The van der Waals surface area contributed by atoms with Crippen molar-refractivity contribution in [2.45, 2.75) is 116 Å². The zero-order valence-electron chi connectivity index (χ0n) is 21.0. The second-order valence-electron chi connectivity index (χ2n) is 11.0. The van der Waals surface area contributed by atoms with Crippen molar-refractivity contribution in [1.82, 2.24) is 0 Å². The standard InChI is InChI=1S/C31H46FN/c1-2-3-7-25-12-14-26(15-13-25)8-4-5-9-27-16-20-29(21-17-27)30-22-18-28(19-23-30)10-6-11-31(32)24-33/h11-15,27-30H,2-10,16-23H2,1H3. The van der Waals surface area contributed by atoms with Gasteiger partial charge in [0.2, 0.25) is 0 Å². The maximum Gasteiger partial charge on any atom is 0.196 e. The molecule has 2 heteroatoms. The third kappa shape index (κ3) is 9.27. The van der Waals surface area contributed by atoms with E-state index in [9.17, 15) is 4.39 Å². The van der Waals surface area contributed by atoms with Crippen LogP contribution in [-0.4, -0.2) is 0 Å². The van der Waals surface area contributed by atoms with Crippen LogP contribution in [0.1, 0.15) is 114 Å². The lowest BCUT2D eigenvalue weighted by Gasteiger charge is -2.38. The van der Waals surface area contributed by atoms with Gasteiger partial charge in [-0.15, -0.1) is 0 Å². The second kappa shape index (κ2) is 14.6. The zero-order valence-corrected chi connectivity index (χ0v) is 21.0. The average molecular weight is 452 g/mol. The van der Waals surface area contributed by atoms with Crippen LogP contribution < -0.4 is 0 Å². The maximum absolute atomic E-state index is 12.9. The van der Waals surface area contributed by atoms with Crippen molar-refractivity contribution in [3.8, 4) is 6.07 Å². The Balaban J connectivity index is 1.24. The van der Waals surface area contributed by atoms with Crippen LogP contribution in [0, 0.1) is 35.0 Å². The minimum absolute atomic E-state index is 0.614. The summed E-state index contributed by atoms with van der Waals surface area (Å²) in [4.78, 5) is 0. The largest absolute Gasteiger partial charge is 0.196 e. The van der Waals surface area contributed by atoms with E-state index in [1.165, 1.54) is 114 Å². The highest BCUT2D eigenvalue weighted by Crippen LogP contribution is 2.43. The Bertz CT molecular complexity index is 727. The molecule has 1 aromatic carbocycles. The number of halogens is 1. The van der Waals surface area contributed by atoms with Gasteiger partial charge in [-0.1, -0.05) is 76.1 Å². The van der Waals surface area contributed by atoms with Gasteiger partial charge in [-0.3, -0.25) is 0 Å². The molecular weight excluding hydrogens is 405 g/mol. The Kier molecular flexibility index (Phi) is 11.5. The summed E-state index contributed by atoms with van der Waals surface area (Å²) in [6, 6.07) is 11.0. The first-order valence-corrected chi connectivity index (χ1v) is 14.0. The molecule has 3 rings (SSSR count). The van der Waals surface area contributed by atoms with Gasteiger partial charge in [0.15, 0.2) is 5.83 Å². The summed E-state index contributed by atoms with van der Waals surface area (Å²) < 4.78 is 12.9. The molecule has 2 aliphatic carbocycles. The van der Waals surface area contributed by atoms with Crippen LogP contribution in [0.2, 0.25) is 0 Å². The molecule has 0 spiro atoms. The van der Waals surface area contributed by atoms with Gasteiger partial charge in [-0.25, -0.2) is 0 Å². The number of benzene rings is 1. The van der Waals surface area contributed by atoms with Crippen LogP contribution in [0.4, 0.5) is 4.39 Å². The van der Waals surface area contributed by atoms with Crippen molar-refractivity contribution in [1.29, 1.82) is 5.26 Å². The van der Waals surface area contributed by atoms with Gasteiger partial charge in [0.1, 0.15) is 6.07 Å². The lowest BCUT2D eigenvalue weighted by Crippen LogP contribution is -2.25. The minimum atomic E-state index is -0.614. The topological polar surface area (TPSA) is 23.8 Å². The Morgan fingerprint density at radius 1 is 0.818 bits per heavy atom. The molecule has 0 heterocycles. The molecule has 2 aliphatic rings. The van der Waals surface area contributed by atoms with E-state index in [0.29, 0.717) is 0 Å². The van der Waals surface area contributed by atoms with E-state index in [1.807, 2.05) is 0 Å². The minimum Gasteiger partial charge on any atom is -0.195 e. The summed E-state index contributed by atoms with van der Waals surface area (Å²) >= 11 is 0. The van der Waals surface area contributed by atoms with E-state index in [1.54, 1.807) is 6.07 Å². The second-order valence-corrected chi connectivity index (χ2v) is 11.0. The van der Waals surface area contributed by atoms with Crippen molar-refractivity contribution < 1.29 is 4.39 Å². The highest BCUT2D eigenvalue weighted by Gasteiger charge is 2.30. The van der Waals surface area contributed by atoms with E-state index in [4.69, 9.17) is 5.26 Å². The quantitative estimate of drug-likeness (QED) is 0.229. The Morgan fingerprint density at radius 2 is 1.33 bits per heavy atom. The summed E-state index contributed by atoms with van der Waals surface area (Å²) in [7, 11) is 0. The van der Waals surface area contributed by atoms with Crippen LogP contribution in [0.5, 0.6) is 0 Å². The van der Waals surface area contributed by atoms with Gasteiger partial charge in [0.05, 0.1) is 0 Å². The van der Waals surface area contributed by atoms with Gasteiger partial charge in [0.25, 0.3) is 0 Å². The van der Waals surface area contributed by atoms with Crippen LogP contribution >= 0.6 is 0 Å². The van der Waals surface area contributed by atoms with Gasteiger partial charge in [-0.2, -0.15) is 9.65 Å². The molecule has 1 nitrogen and oxygen atoms in total. The summed E-state index contributed by atoms with van der Waals surface area (Å²) in [5.41, 5.74) is 3.01. The highest BCUT2D eigenvalue weighted by atomic mass is 19.1. The monoisotopic (exact) mass is 451 g/mol. The summed E-state index contributed by atoms with van der Waals surface area (Å²) in [6.07, 6.45) is 23.6. The Labute approximate surface area is 202 Å². The third-order valence-electron chi connectivity index (χ3n) is 8.62. The van der Waals surface area contributed by atoms with Crippen molar-refractivity contribution in [3.63, 3.8) is 0 Å². The molecule has 0 atom stereocenters. The number of rotatable bonds is 12.